The highest BCUT2D eigenvalue weighted by Crippen LogP contribution is 2.10. The second-order valence-corrected chi connectivity index (χ2v) is 4.89. The zero-order chi connectivity index (χ0) is 14.5. The van der Waals surface area contributed by atoms with Crippen molar-refractivity contribution >= 4 is 5.69 Å². The molecule has 0 aliphatic rings. The molecule has 0 amide bonds. The van der Waals surface area contributed by atoms with Crippen LogP contribution in [0.1, 0.15) is 11.1 Å². The van der Waals surface area contributed by atoms with Gasteiger partial charge in [-0.25, -0.2) is 4.39 Å². The summed E-state index contributed by atoms with van der Waals surface area (Å²) in [6, 6.07) is 16.7. The second-order valence-electron chi connectivity index (χ2n) is 4.89. The minimum atomic E-state index is -0.213. The second kappa shape index (κ2) is 6.22. The average molecular weight is 281 g/mol. The van der Waals surface area contributed by atoms with Gasteiger partial charge in [0.05, 0.1) is 18.4 Å². The molecule has 1 aromatic heterocycles. The van der Waals surface area contributed by atoms with Crippen LogP contribution < -0.4 is 5.32 Å². The Morgan fingerprint density at radius 3 is 2.48 bits per heavy atom. The Hall–Kier alpha value is -2.62. The van der Waals surface area contributed by atoms with Crippen molar-refractivity contribution in [1.29, 1.82) is 0 Å². The maximum absolute atomic E-state index is 12.8. The molecule has 0 aliphatic heterocycles. The van der Waals surface area contributed by atoms with E-state index in [0.29, 0.717) is 6.54 Å². The van der Waals surface area contributed by atoms with Gasteiger partial charge in [-0.1, -0.05) is 42.5 Å². The minimum absolute atomic E-state index is 0.213. The van der Waals surface area contributed by atoms with Gasteiger partial charge in [-0.05, 0) is 23.3 Å². The van der Waals surface area contributed by atoms with Crippen molar-refractivity contribution in [3.63, 3.8) is 0 Å². The van der Waals surface area contributed by atoms with E-state index in [0.717, 1.165) is 17.8 Å². The Balaban J connectivity index is 1.59. The predicted molar refractivity (Wildman–Crippen MR) is 81.5 cm³/mol. The predicted octanol–water partition coefficient (Wildman–Crippen LogP) is 3.68. The van der Waals surface area contributed by atoms with Gasteiger partial charge in [0.1, 0.15) is 5.82 Å². The molecule has 0 bridgehead atoms. The fourth-order valence-electron chi connectivity index (χ4n) is 2.12. The molecular weight excluding hydrogens is 265 g/mol. The highest BCUT2D eigenvalue weighted by molar-refractivity contribution is 5.39. The summed E-state index contributed by atoms with van der Waals surface area (Å²) in [6.07, 6.45) is 3.77. The molecular formula is C17H16FN3. The molecule has 2 aromatic carbocycles. The van der Waals surface area contributed by atoms with Crippen LogP contribution in [0.2, 0.25) is 0 Å². The summed E-state index contributed by atoms with van der Waals surface area (Å²) in [5.74, 6) is -0.213. The van der Waals surface area contributed by atoms with Gasteiger partial charge < -0.3 is 5.32 Å². The minimum Gasteiger partial charge on any atom is -0.378 e. The standard InChI is InChI=1S/C17H16FN3/c18-16-8-6-14(7-9-16)10-19-17-11-20-21(13-17)12-15-4-2-1-3-5-15/h1-9,11,13,19H,10,12H2. The van der Waals surface area contributed by atoms with Gasteiger partial charge >= 0.3 is 0 Å². The van der Waals surface area contributed by atoms with Crippen LogP contribution in [0.15, 0.2) is 67.0 Å². The molecule has 1 heterocycles. The highest BCUT2D eigenvalue weighted by atomic mass is 19.1. The normalized spacial score (nSPS) is 10.5. The van der Waals surface area contributed by atoms with Crippen molar-refractivity contribution in [3.05, 3.63) is 83.9 Å². The van der Waals surface area contributed by atoms with Crippen molar-refractivity contribution < 1.29 is 4.39 Å². The zero-order valence-electron chi connectivity index (χ0n) is 11.5. The summed E-state index contributed by atoms with van der Waals surface area (Å²) in [7, 11) is 0. The molecule has 106 valence electrons. The van der Waals surface area contributed by atoms with E-state index in [1.807, 2.05) is 29.1 Å². The number of rotatable bonds is 5. The zero-order valence-corrected chi connectivity index (χ0v) is 11.5. The van der Waals surface area contributed by atoms with Crippen LogP contribution in [-0.4, -0.2) is 9.78 Å². The summed E-state index contributed by atoms with van der Waals surface area (Å²) < 4.78 is 14.7. The molecule has 0 unspecified atom stereocenters. The van der Waals surface area contributed by atoms with E-state index in [1.54, 1.807) is 18.3 Å². The van der Waals surface area contributed by atoms with E-state index in [1.165, 1.54) is 17.7 Å². The van der Waals surface area contributed by atoms with E-state index < -0.39 is 0 Å². The van der Waals surface area contributed by atoms with Gasteiger partial charge in [0.2, 0.25) is 0 Å². The molecule has 3 nitrogen and oxygen atoms in total. The lowest BCUT2D eigenvalue weighted by atomic mass is 10.2. The van der Waals surface area contributed by atoms with Crippen LogP contribution in [0.3, 0.4) is 0 Å². The lowest BCUT2D eigenvalue weighted by Crippen LogP contribution is -2.00. The molecule has 3 rings (SSSR count). The summed E-state index contributed by atoms with van der Waals surface area (Å²) >= 11 is 0. The SMILES string of the molecule is Fc1ccc(CNc2cnn(Cc3ccccc3)c2)cc1. The maximum Gasteiger partial charge on any atom is 0.123 e. The third kappa shape index (κ3) is 3.69. The number of hydrogen-bond donors (Lipinski definition) is 1. The number of hydrogen-bond acceptors (Lipinski definition) is 2. The van der Waals surface area contributed by atoms with Crippen molar-refractivity contribution in [2.45, 2.75) is 13.1 Å². The largest absolute Gasteiger partial charge is 0.378 e. The van der Waals surface area contributed by atoms with Crippen molar-refractivity contribution in [2.24, 2.45) is 0 Å². The first-order valence-electron chi connectivity index (χ1n) is 6.84. The van der Waals surface area contributed by atoms with Gasteiger partial charge in [0.15, 0.2) is 0 Å². The van der Waals surface area contributed by atoms with E-state index in [2.05, 4.69) is 22.5 Å². The van der Waals surface area contributed by atoms with E-state index >= 15 is 0 Å². The fraction of sp³-hybridized carbons (Fsp3) is 0.118. The number of nitrogens with one attached hydrogen (secondary N) is 1. The third-order valence-electron chi connectivity index (χ3n) is 3.23. The van der Waals surface area contributed by atoms with Crippen LogP contribution in [-0.2, 0) is 13.1 Å². The van der Waals surface area contributed by atoms with Gasteiger partial charge in [-0.3, -0.25) is 4.68 Å². The first-order valence-corrected chi connectivity index (χ1v) is 6.84. The molecule has 0 saturated heterocycles. The summed E-state index contributed by atoms with van der Waals surface area (Å²) in [5.41, 5.74) is 3.20. The molecule has 0 atom stereocenters. The first kappa shape index (κ1) is 13.4. The van der Waals surface area contributed by atoms with Crippen LogP contribution in [0, 0.1) is 5.82 Å². The molecule has 0 fully saturated rings. The average Bonchev–Trinajstić information content (AvgIpc) is 2.95. The number of benzene rings is 2. The Bertz CT molecular complexity index is 690. The van der Waals surface area contributed by atoms with Gasteiger partial charge in [-0.15, -0.1) is 0 Å². The smallest absolute Gasteiger partial charge is 0.123 e. The molecule has 3 aromatic rings. The maximum atomic E-state index is 12.8. The molecule has 0 radical (unpaired) electrons. The Morgan fingerprint density at radius 1 is 0.952 bits per heavy atom. The highest BCUT2D eigenvalue weighted by Gasteiger charge is 2.00. The van der Waals surface area contributed by atoms with Crippen LogP contribution in [0.25, 0.3) is 0 Å². The summed E-state index contributed by atoms with van der Waals surface area (Å²) in [4.78, 5) is 0. The van der Waals surface area contributed by atoms with Crippen LogP contribution in [0.5, 0.6) is 0 Å². The molecule has 21 heavy (non-hydrogen) atoms. The summed E-state index contributed by atoms with van der Waals surface area (Å²) in [6.45, 7) is 1.40. The van der Waals surface area contributed by atoms with Gasteiger partial charge in [0, 0.05) is 12.7 Å². The van der Waals surface area contributed by atoms with E-state index in [9.17, 15) is 4.39 Å². The van der Waals surface area contributed by atoms with Gasteiger partial charge in [-0.2, -0.15) is 5.10 Å². The Labute approximate surface area is 123 Å². The monoisotopic (exact) mass is 281 g/mol. The van der Waals surface area contributed by atoms with Gasteiger partial charge in [0.25, 0.3) is 0 Å². The first-order chi connectivity index (χ1) is 10.3. The number of aromatic nitrogens is 2. The number of nitrogens with zero attached hydrogens (tertiary/aromatic N) is 2. The molecule has 0 aliphatic carbocycles. The number of anilines is 1. The third-order valence-corrected chi connectivity index (χ3v) is 3.23. The topological polar surface area (TPSA) is 29.9 Å². The van der Waals surface area contributed by atoms with Crippen molar-refractivity contribution in [2.75, 3.05) is 5.32 Å². The lowest BCUT2D eigenvalue weighted by Gasteiger charge is -2.04. The Kier molecular flexibility index (Phi) is 3.96. The van der Waals surface area contributed by atoms with Crippen LogP contribution >= 0.6 is 0 Å². The fourth-order valence-corrected chi connectivity index (χ4v) is 2.12. The molecule has 4 heteroatoms. The van der Waals surface area contributed by atoms with Crippen molar-refractivity contribution in [1.82, 2.24) is 9.78 Å². The molecule has 1 N–H and O–H groups in total. The van der Waals surface area contributed by atoms with E-state index in [-0.39, 0.29) is 5.82 Å². The van der Waals surface area contributed by atoms with E-state index in [4.69, 9.17) is 0 Å². The van der Waals surface area contributed by atoms with Crippen LogP contribution in [0.4, 0.5) is 10.1 Å². The van der Waals surface area contributed by atoms with Crippen molar-refractivity contribution in [3.8, 4) is 0 Å². The summed E-state index contributed by atoms with van der Waals surface area (Å²) in [5, 5.41) is 7.61. The Morgan fingerprint density at radius 2 is 1.71 bits per heavy atom. The molecule has 0 spiro atoms. The lowest BCUT2D eigenvalue weighted by molar-refractivity contribution is 0.627. The number of halogens is 1. The quantitative estimate of drug-likeness (QED) is 0.773. The molecule has 0 saturated carbocycles.